The van der Waals surface area contributed by atoms with Crippen molar-refractivity contribution in [3.05, 3.63) is 72.3 Å². The van der Waals surface area contributed by atoms with Crippen LogP contribution in [0, 0.1) is 0 Å². The van der Waals surface area contributed by atoms with Gasteiger partial charge in [-0.2, -0.15) is 0 Å². The molecule has 0 unspecified atom stereocenters. The Morgan fingerprint density at radius 3 is 2.51 bits per heavy atom. The SMILES string of the molecule is COc1ccc2cn(C[C@@]3(c4ccc(-c5cnc(C(N)=O)cn5)cc4)NC(=O)NC3=O)c(O)c2c1. The number of hydrogen-bond donors (Lipinski definition) is 4. The summed E-state index contributed by atoms with van der Waals surface area (Å²) >= 11 is 0. The van der Waals surface area contributed by atoms with Gasteiger partial charge in [-0.05, 0) is 23.8 Å². The summed E-state index contributed by atoms with van der Waals surface area (Å²) < 4.78 is 6.74. The highest BCUT2D eigenvalue weighted by Gasteiger charge is 2.48. The van der Waals surface area contributed by atoms with E-state index < -0.39 is 23.4 Å². The number of urea groups is 1. The predicted molar refractivity (Wildman–Crippen MR) is 124 cm³/mol. The summed E-state index contributed by atoms with van der Waals surface area (Å²) in [5.74, 6) is -0.706. The number of ether oxygens (including phenoxy) is 1. The molecule has 1 saturated heterocycles. The summed E-state index contributed by atoms with van der Waals surface area (Å²) in [6.07, 6.45) is 4.41. The van der Waals surface area contributed by atoms with Gasteiger partial charge in [0.2, 0.25) is 0 Å². The van der Waals surface area contributed by atoms with Crippen LogP contribution in [-0.4, -0.2) is 44.6 Å². The van der Waals surface area contributed by atoms with Crippen LogP contribution in [0.15, 0.2) is 61.1 Å². The zero-order chi connectivity index (χ0) is 24.7. The number of rotatable bonds is 6. The topological polar surface area (TPSA) is 161 Å². The van der Waals surface area contributed by atoms with Crippen LogP contribution < -0.4 is 21.1 Å². The van der Waals surface area contributed by atoms with E-state index in [2.05, 4.69) is 20.6 Å². The number of carbonyl (C=O) groups is 3. The Bertz CT molecular complexity index is 1480. The van der Waals surface area contributed by atoms with Gasteiger partial charge in [0.05, 0.1) is 31.7 Å². The second-order valence-corrected chi connectivity index (χ2v) is 8.08. The lowest BCUT2D eigenvalue weighted by atomic mass is 9.89. The smallest absolute Gasteiger partial charge is 0.322 e. The molecular weight excluding hydrogens is 452 g/mol. The molecule has 0 bridgehead atoms. The van der Waals surface area contributed by atoms with Crippen LogP contribution in [0.2, 0.25) is 0 Å². The quantitative estimate of drug-likeness (QED) is 0.310. The molecule has 1 aliphatic rings. The number of amides is 4. The molecule has 3 heterocycles. The predicted octanol–water partition coefficient (Wildman–Crippen LogP) is 1.65. The molecule has 5 N–H and O–H groups in total. The minimum absolute atomic E-state index is 0.0474. The number of fused-ring (bicyclic) bond motifs is 1. The molecule has 35 heavy (non-hydrogen) atoms. The van der Waals surface area contributed by atoms with Crippen molar-refractivity contribution in [3.63, 3.8) is 0 Å². The maximum atomic E-state index is 13.0. The number of hydrogen-bond acceptors (Lipinski definition) is 7. The molecule has 1 atom stereocenters. The van der Waals surface area contributed by atoms with Crippen molar-refractivity contribution in [1.82, 2.24) is 25.2 Å². The first-order valence-corrected chi connectivity index (χ1v) is 10.5. The summed E-state index contributed by atoms with van der Waals surface area (Å²) in [6, 6.07) is 11.4. The summed E-state index contributed by atoms with van der Waals surface area (Å²) in [5, 5.41) is 17.2. The number of aromatic nitrogens is 3. The van der Waals surface area contributed by atoms with Gasteiger partial charge in [0.15, 0.2) is 11.4 Å². The lowest BCUT2D eigenvalue weighted by Gasteiger charge is -2.27. The summed E-state index contributed by atoms with van der Waals surface area (Å²) in [5.41, 5.74) is 5.47. The fourth-order valence-corrected chi connectivity index (χ4v) is 4.16. The molecule has 1 fully saturated rings. The van der Waals surface area contributed by atoms with Crippen molar-refractivity contribution in [3.8, 4) is 22.9 Å². The van der Waals surface area contributed by atoms with Crippen LogP contribution in [0.5, 0.6) is 11.6 Å². The molecule has 0 saturated carbocycles. The van der Waals surface area contributed by atoms with Crippen molar-refractivity contribution in [2.45, 2.75) is 12.1 Å². The highest BCUT2D eigenvalue weighted by atomic mass is 16.5. The van der Waals surface area contributed by atoms with Gasteiger partial charge in [0, 0.05) is 22.5 Å². The van der Waals surface area contributed by atoms with Crippen LogP contribution in [-0.2, 0) is 16.9 Å². The molecule has 176 valence electrons. The van der Waals surface area contributed by atoms with Crippen LogP contribution >= 0.6 is 0 Å². The van der Waals surface area contributed by atoms with E-state index >= 15 is 0 Å². The van der Waals surface area contributed by atoms with Crippen molar-refractivity contribution >= 4 is 28.6 Å². The number of nitrogens with zero attached hydrogens (tertiary/aromatic N) is 3. The van der Waals surface area contributed by atoms with E-state index in [1.807, 2.05) is 0 Å². The number of aromatic hydroxyl groups is 1. The first-order chi connectivity index (χ1) is 16.8. The number of benzene rings is 2. The molecule has 11 heteroatoms. The minimum atomic E-state index is -1.46. The van der Waals surface area contributed by atoms with E-state index in [9.17, 15) is 19.5 Å². The van der Waals surface area contributed by atoms with Gasteiger partial charge in [-0.15, -0.1) is 0 Å². The highest BCUT2D eigenvalue weighted by molar-refractivity contribution is 6.07. The summed E-state index contributed by atoms with van der Waals surface area (Å²) in [4.78, 5) is 44.6. The first kappa shape index (κ1) is 21.9. The lowest BCUT2D eigenvalue weighted by molar-refractivity contribution is -0.124. The average Bonchev–Trinajstić information content (AvgIpc) is 3.33. The molecule has 2 aromatic carbocycles. The van der Waals surface area contributed by atoms with Crippen molar-refractivity contribution in [2.24, 2.45) is 5.73 Å². The Morgan fingerprint density at radius 1 is 1.14 bits per heavy atom. The summed E-state index contributed by atoms with van der Waals surface area (Å²) in [6.45, 7) is -0.0557. The van der Waals surface area contributed by atoms with Gasteiger partial charge in [-0.25, -0.2) is 9.78 Å². The Labute approximate surface area is 198 Å². The number of nitrogens with two attached hydrogens (primary N) is 1. The average molecular weight is 472 g/mol. The molecule has 0 spiro atoms. The van der Waals surface area contributed by atoms with Crippen LogP contribution in [0.1, 0.15) is 16.1 Å². The number of primary amides is 1. The van der Waals surface area contributed by atoms with E-state index in [0.29, 0.717) is 28.0 Å². The molecule has 4 amide bonds. The van der Waals surface area contributed by atoms with Crippen molar-refractivity contribution in [1.29, 1.82) is 0 Å². The Hall–Kier alpha value is -4.93. The van der Waals surface area contributed by atoms with E-state index in [0.717, 1.165) is 5.39 Å². The number of carbonyl (C=O) groups excluding carboxylic acids is 3. The maximum Gasteiger partial charge on any atom is 0.322 e. The maximum absolute atomic E-state index is 13.0. The van der Waals surface area contributed by atoms with E-state index in [4.69, 9.17) is 10.5 Å². The van der Waals surface area contributed by atoms with Gasteiger partial charge >= 0.3 is 6.03 Å². The van der Waals surface area contributed by atoms with Crippen molar-refractivity contribution < 1.29 is 24.2 Å². The van der Waals surface area contributed by atoms with Gasteiger partial charge < -0.3 is 25.5 Å². The molecular formula is C24H20N6O5. The van der Waals surface area contributed by atoms with Gasteiger partial charge in [-0.1, -0.05) is 24.3 Å². The second-order valence-electron chi connectivity index (χ2n) is 8.08. The lowest BCUT2D eigenvalue weighted by Crippen LogP contribution is -2.47. The normalized spacial score (nSPS) is 17.3. The summed E-state index contributed by atoms with van der Waals surface area (Å²) in [7, 11) is 1.53. The zero-order valence-electron chi connectivity index (χ0n) is 18.5. The third-order valence-electron chi connectivity index (χ3n) is 6.00. The molecule has 2 aromatic heterocycles. The molecule has 5 rings (SSSR count). The van der Waals surface area contributed by atoms with E-state index in [1.165, 1.54) is 24.1 Å². The van der Waals surface area contributed by atoms with Gasteiger partial charge in [-0.3, -0.25) is 19.9 Å². The van der Waals surface area contributed by atoms with Gasteiger partial charge in [0.1, 0.15) is 11.4 Å². The van der Waals surface area contributed by atoms with Crippen LogP contribution in [0.3, 0.4) is 0 Å². The zero-order valence-corrected chi connectivity index (χ0v) is 18.5. The Balaban J connectivity index is 1.52. The van der Waals surface area contributed by atoms with E-state index in [-0.39, 0.29) is 18.1 Å². The largest absolute Gasteiger partial charge is 0.497 e. The van der Waals surface area contributed by atoms with Crippen LogP contribution in [0.4, 0.5) is 4.79 Å². The van der Waals surface area contributed by atoms with Crippen molar-refractivity contribution in [2.75, 3.05) is 7.11 Å². The number of methoxy groups -OCH3 is 1. The molecule has 0 radical (unpaired) electrons. The van der Waals surface area contributed by atoms with Crippen LogP contribution in [0.25, 0.3) is 22.0 Å². The fraction of sp³-hybridized carbons (Fsp3) is 0.125. The monoisotopic (exact) mass is 472 g/mol. The molecule has 0 aliphatic carbocycles. The third kappa shape index (κ3) is 3.68. The fourth-order valence-electron chi connectivity index (χ4n) is 4.16. The minimum Gasteiger partial charge on any atom is -0.497 e. The van der Waals surface area contributed by atoms with E-state index in [1.54, 1.807) is 48.7 Å². The number of imide groups is 1. The number of nitrogens with one attached hydrogen (secondary N) is 2. The highest BCUT2D eigenvalue weighted by Crippen LogP contribution is 2.35. The van der Waals surface area contributed by atoms with Gasteiger partial charge in [0.25, 0.3) is 11.8 Å². The second kappa shape index (κ2) is 8.13. The molecule has 4 aromatic rings. The molecule has 11 nitrogen and oxygen atoms in total. The molecule has 1 aliphatic heterocycles. The Morgan fingerprint density at radius 2 is 1.91 bits per heavy atom. The first-order valence-electron chi connectivity index (χ1n) is 10.5. The third-order valence-corrected chi connectivity index (χ3v) is 6.00. The standard InChI is InChI=1S/C24H20N6O5/c1-35-16-7-4-14-11-30(21(32)17(14)8-16)12-24(22(33)28-23(34)29-24)15-5-2-13(3-6-15)18-9-27-19(10-26-18)20(25)31/h2-11,32H,12H2,1H3,(H2,25,31)(H2,28,29,33,34)/t24-/m0/s1. The Kier molecular flexibility index (Phi) is 5.09.